The van der Waals surface area contributed by atoms with Gasteiger partial charge in [-0.3, -0.25) is 4.79 Å². The van der Waals surface area contributed by atoms with Crippen molar-refractivity contribution in [1.29, 1.82) is 0 Å². The topological polar surface area (TPSA) is 37.3 Å². The van der Waals surface area contributed by atoms with Crippen molar-refractivity contribution < 1.29 is 9.90 Å². The van der Waals surface area contributed by atoms with Crippen molar-refractivity contribution in [2.75, 3.05) is 0 Å². The third-order valence-corrected chi connectivity index (χ3v) is 7.72. The lowest BCUT2D eigenvalue weighted by molar-refractivity contribution is -0.129. The van der Waals surface area contributed by atoms with E-state index in [1.807, 2.05) is 6.07 Å². The van der Waals surface area contributed by atoms with E-state index in [1.165, 1.54) is 17.5 Å². The SMILES string of the molecule is CCC(C)c1cc2c(cc1O)CC[C@@H]1[C@@H]2CC[C@]2(C)C(=O)CC[C@@H]12. The van der Waals surface area contributed by atoms with E-state index in [1.54, 1.807) is 0 Å². The van der Waals surface area contributed by atoms with Crippen LogP contribution in [0.25, 0.3) is 0 Å². The van der Waals surface area contributed by atoms with Gasteiger partial charge in [-0.15, -0.1) is 0 Å². The minimum Gasteiger partial charge on any atom is -0.508 e. The van der Waals surface area contributed by atoms with Gasteiger partial charge in [0, 0.05) is 11.8 Å². The summed E-state index contributed by atoms with van der Waals surface area (Å²) in [6.07, 6.45) is 7.39. The van der Waals surface area contributed by atoms with Gasteiger partial charge < -0.3 is 5.11 Å². The van der Waals surface area contributed by atoms with Crippen molar-refractivity contribution in [2.24, 2.45) is 17.3 Å². The van der Waals surface area contributed by atoms with Gasteiger partial charge in [0.2, 0.25) is 0 Å². The second-order valence-corrected chi connectivity index (χ2v) is 8.75. The van der Waals surface area contributed by atoms with Crippen molar-refractivity contribution in [3.8, 4) is 5.75 Å². The van der Waals surface area contributed by atoms with Crippen molar-refractivity contribution in [1.82, 2.24) is 0 Å². The predicted octanol–water partition coefficient (Wildman–Crippen LogP) is 5.33. The Bertz CT molecular complexity index is 677. The lowest BCUT2D eigenvalue weighted by Crippen LogP contribution is -2.42. The number of aromatic hydroxyl groups is 1. The number of rotatable bonds is 2. The molecule has 4 rings (SSSR count). The van der Waals surface area contributed by atoms with E-state index in [0.29, 0.717) is 35.2 Å². The summed E-state index contributed by atoms with van der Waals surface area (Å²) < 4.78 is 0. The Morgan fingerprint density at radius 1 is 1.25 bits per heavy atom. The van der Waals surface area contributed by atoms with Crippen molar-refractivity contribution in [2.45, 2.75) is 77.6 Å². The van der Waals surface area contributed by atoms with E-state index in [4.69, 9.17) is 0 Å². The molecule has 1 aromatic carbocycles. The van der Waals surface area contributed by atoms with E-state index in [9.17, 15) is 9.90 Å². The van der Waals surface area contributed by atoms with Crippen molar-refractivity contribution >= 4 is 5.78 Å². The molecule has 2 heteroatoms. The highest BCUT2D eigenvalue weighted by Gasteiger charge is 2.54. The number of benzene rings is 1. The van der Waals surface area contributed by atoms with E-state index < -0.39 is 0 Å². The molecule has 24 heavy (non-hydrogen) atoms. The molecule has 3 aliphatic carbocycles. The van der Waals surface area contributed by atoms with Crippen LogP contribution in [0.15, 0.2) is 12.1 Å². The fraction of sp³-hybridized carbons (Fsp3) is 0.682. The van der Waals surface area contributed by atoms with Gasteiger partial charge in [0.1, 0.15) is 11.5 Å². The average Bonchev–Trinajstić information content (AvgIpc) is 2.88. The molecule has 0 aromatic heterocycles. The second kappa shape index (κ2) is 5.61. The summed E-state index contributed by atoms with van der Waals surface area (Å²) in [5.41, 5.74) is 3.91. The zero-order valence-corrected chi connectivity index (χ0v) is 15.3. The van der Waals surface area contributed by atoms with Crippen LogP contribution in [-0.2, 0) is 11.2 Å². The van der Waals surface area contributed by atoms with Crippen LogP contribution in [-0.4, -0.2) is 10.9 Å². The van der Waals surface area contributed by atoms with Crippen LogP contribution in [0, 0.1) is 17.3 Å². The molecular weight excluding hydrogens is 296 g/mol. The number of phenolic OH excluding ortho intramolecular Hbond substituents is 1. The molecule has 1 aromatic rings. The third-order valence-electron chi connectivity index (χ3n) is 7.72. The maximum Gasteiger partial charge on any atom is 0.139 e. The van der Waals surface area contributed by atoms with E-state index in [2.05, 4.69) is 26.8 Å². The van der Waals surface area contributed by atoms with Crippen molar-refractivity contribution in [3.63, 3.8) is 0 Å². The average molecular weight is 326 g/mol. The summed E-state index contributed by atoms with van der Waals surface area (Å²) in [5.74, 6) is 3.24. The van der Waals surface area contributed by atoms with Gasteiger partial charge in [0.25, 0.3) is 0 Å². The normalized spacial score (nSPS) is 36.0. The van der Waals surface area contributed by atoms with Gasteiger partial charge in [-0.1, -0.05) is 26.8 Å². The highest BCUT2D eigenvalue weighted by atomic mass is 16.3. The molecule has 5 atom stereocenters. The molecule has 2 nitrogen and oxygen atoms in total. The van der Waals surface area contributed by atoms with Gasteiger partial charge in [-0.25, -0.2) is 0 Å². The summed E-state index contributed by atoms with van der Waals surface area (Å²) in [6, 6.07) is 4.36. The molecule has 3 aliphatic rings. The van der Waals surface area contributed by atoms with Crippen LogP contribution in [0.2, 0.25) is 0 Å². The van der Waals surface area contributed by atoms with E-state index >= 15 is 0 Å². The number of hydrogen-bond donors (Lipinski definition) is 1. The first kappa shape index (κ1) is 16.2. The number of fused-ring (bicyclic) bond motifs is 5. The molecule has 0 spiro atoms. The second-order valence-electron chi connectivity index (χ2n) is 8.75. The molecule has 0 heterocycles. The Labute approximate surface area is 145 Å². The van der Waals surface area contributed by atoms with Gasteiger partial charge in [0.15, 0.2) is 0 Å². The molecule has 0 radical (unpaired) electrons. The molecule has 1 N–H and O–H groups in total. The van der Waals surface area contributed by atoms with Crippen LogP contribution in [0.1, 0.15) is 87.8 Å². The zero-order chi connectivity index (χ0) is 17.1. The largest absolute Gasteiger partial charge is 0.508 e. The lowest BCUT2D eigenvalue weighted by Gasteiger charge is -2.48. The summed E-state index contributed by atoms with van der Waals surface area (Å²) in [7, 11) is 0. The van der Waals surface area contributed by atoms with Gasteiger partial charge in [0.05, 0.1) is 0 Å². The fourth-order valence-corrected chi connectivity index (χ4v) is 6.01. The van der Waals surface area contributed by atoms with Gasteiger partial charge in [-0.2, -0.15) is 0 Å². The summed E-state index contributed by atoms with van der Waals surface area (Å²) >= 11 is 0. The maximum atomic E-state index is 12.4. The molecule has 0 amide bonds. The standard InChI is InChI=1S/C22H30O2/c1-4-13(2)17-12-18-14(11-20(17)23)5-6-16-15(18)9-10-22(3)19(16)7-8-21(22)24/h11-13,15-16,19,23H,4-10H2,1-3H3/t13?,15-,16+,19-,22-/m0/s1. The molecule has 0 saturated heterocycles. The zero-order valence-electron chi connectivity index (χ0n) is 15.3. The summed E-state index contributed by atoms with van der Waals surface area (Å²) in [6.45, 7) is 6.62. The Balaban J connectivity index is 1.73. The first-order valence-corrected chi connectivity index (χ1v) is 9.84. The Hall–Kier alpha value is -1.31. The van der Waals surface area contributed by atoms with Crippen molar-refractivity contribution in [3.05, 3.63) is 28.8 Å². The molecule has 0 aliphatic heterocycles. The van der Waals surface area contributed by atoms with Gasteiger partial charge >= 0.3 is 0 Å². The minimum absolute atomic E-state index is 0.0465. The van der Waals surface area contributed by atoms with Crippen LogP contribution in [0.5, 0.6) is 5.75 Å². The molecule has 0 bridgehead atoms. The highest BCUT2D eigenvalue weighted by molar-refractivity contribution is 5.87. The van der Waals surface area contributed by atoms with Crippen LogP contribution in [0.4, 0.5) is 0 Å². The number of ketones is 1. The molecule has 2 saturated carbocycles. The fourth-order valence-electron chi connectivity index (χ4n) is 6.01. The van der Waals surface area contributed by atoms with Crippen LogP contribution >= 0.6 is 0 Å². The Morgan fingerprint density at radius 2 is 2.04 bits per heavy atom. The molecule has 1 unspecified atom stereocenters. The molecule has 2 fully saturated rings. The first-order valence-electron chi connectivity index (χ1n) is 9.84. The maximum absolute atomic E-state index is 12.4. The molecular formula is C22H30O2. The predicted molar refractivity (Wildman–Crippen MR) is 96.4 cm³/mol. The number of carbonyl (C=O) groups is 1. The number of Topliss-reactive ketones (excluding diaryl/α,β-unsaturated/α-hetero) is 1. The smallest absolute Gasteiger partial charge is 0.139 e. The van der Waals surface area contributed by atoms with E-state index in [0.717, 1.165) is 44.1 Å². The van der Waals surface area contributed by atoms with Crippen LogP contribution in [0.3, 0.4) is 0 Å². The number of hydrogen-bond acceptors (Lipinski definition) is 2. The Kier molecular flexibility index (Phi) is 3.78. The number of carbonyl (C=O) groups excluding carboxylic acids is 1. The first-order chi connectivity index (χ1) is 11.5. The van der Waals surface area contributed by atoms with Gasteiger partial charge in [-0.05, 0) is 85.0 Å². The lowest BCUT2D eigenvalue weighted by atomic mass is 9.55. The number of phenols is 1. The summed E-state index contributed by atoms with van der Waals surface area (Å²) in [5, 5.41) is 10.4. The highest BCUT2D eigenvalue weighted by Crippen LogP contribution is 2.59. The third kappa shape index (κ3) is 2.18. The Morgan fingerprint density at radius 3 is 2.79 bits per heavy atom. The number of aryl methyl sites for hydroxylation is 1. The van der Waals surface area contributed by atoms with E-state index in [-0.39, 0.29) is 5.41 Å². The quantitative estimate of drug-likeness (QED) is 0.797. The monoisotopic (exact) mass is 326 g/mol. The van der Waals surface area contributed by atoms with Crippen LogP contribution < -0.4 is 0 Å². The molecule has 130 valence electrons. The summed E-state index contributed by atoms with van der Waals surface area (Å²) in [4.78, 5) is 12.4. The minimum atomic E-state index is -0.0465.